The fourth-order valence-electron chi connectivity index (χ4n) is 1.61. The first-order valence-corrected chi connectivity index (χ1v) is 6.81. The van der Waals surface area contributed by atoms with Gasteiger partial charge in [-0.1, -0.05) is 33.8 Å². The lowest BCUT2D eigenvalue weighted by molar-refractivity contribution is -0.385. The summed E-state index contributed by atoms with van der Waals surface area (Å²) in [4.78, 5) is 21.8. The van der Waals surface area contributed by atoms with Gasteiger partial charge in [0.25, 0.3) is 11.6 Å². The van der Waals surface area contributed by atoms with Crippen LogP contribution in [-0.4, -0.2) is 17.0 Å². The molecule has 2 rings (SSSR count). The Labute approximate surface area is 133 Å². The van der Waals surface area contributed by atoms with Crippen molar-refractivity contribution in [3.8, 4) is 5.75 Å². The van der Waals surface area contributed by atoms with Crippen LogP contribution in [0.5, 0.6) is 5.75 Å². The van der Waals surface area contributed by atoms with E-state index in [9.17, 15) is 20.0 Å². The minimum absolute atomic E-state index is 0.0174. The molecule has 0 aliphatic heterocycles. The summed E-state index contributed by atoms with van der Waals surface area (Å²) in [5.74, 6) is -0.888. The van der Waals surface area contributed by atoms with E-state index in [2.05, 4.69) is 26.5 Å². The first-order chi connectivity index (χ1) is 10.5. The molecule has 0 saturated heterocycles. The second-order valence-electron chi connectivity index (χ2n) is 4.19. The van der Waals surface area contributed by atoms with Gasteiger partial charge in [-0.25, -0.2) is 5.43 Å². The molecule has 0 aliphatic carbocycles. The summed E-state index contributed by atoms with van der Waals surface area (Å²) in [6.07, 6.45) is 1.07. The van der Waals surface area contributed by atoms with Crippen molar-refractivity contribution in [3.05, 3.63) is 68.2 Å². The maximum absolute atomic E-state index is 11.8. The normalized spacial score (nSPS) is 10.6. The van der Waals surface area contributed by atoms with Gasteiger partial charge in [0.1, 0.15) is 0 Å². The van der Waals surface area contributed by atoms with Crippen LogP contribution >= 0.6 is 15.9 Å². The Balaban J connectivity index is 2.11. The predicted octanol–water partition coefficient (Wildman–Crippen LogP) is 2.19. The topological polar surface area (TPSA) is 108 Å². The van der Waals surface area contributed by atoms with Gasteiger partial charge in [0.15, 0.2) is 0 Å². The predicted molar refractivity (Wildman–Crippen MR) is 81.7 cm³/mol. The fourth-order valence-corrected chi connectivity index (χ4v) is 2.00. The standard InChI is InChI=1S/C14H10BrN3O4/c15-11-3-1-2-9(6-11)14(20)17-16-8-10-7-12(18(21)22)4-5-13(10)19/h1-8,19H,(H,17,20)/p-1/b16-8-. The molecule has 7 nitrogen and oxygen atoms in total. The van der Waals surface area contributed by atoms with Gasteiger partial charge in [-0.05, 0) is 23.8 Å². The van der Waals surface area contributed by atoms with Crippen LogP contribution in [0.3, 0.4) is 0 Å². The zero-order valence-corrected chi connectivity index (χ0v) is 12.6. The zero-order chi connectivity index (χ0) is 16.1. The van der Waals surface area contributed by atoms with Gasteiger partial charge in [-0.15, -0.1) is 0 Å². The average Bonchev–Trinajstić information content (AvgIpc) is 2.48. The first-order valence-electron chi connectivity index (χ1n) is 6.02. The van der Waals surface area contributed by atoms with Gasteiger partial charge in [0.2, 0.25) is 0 Å². The Hall–Kier alpha value is -2.74. The summed E-state index contributed by atoms with van der Waals surface area (Å²) in [6, 6.07) is 9.96. The number of hydrazone groups is 1. The Bertz CT molecular complexity index is 762. The number of rotatable bonds is 4. The lowest BCUT2D eigenvalue weighted by Gasteiger charge is -2.08. The molecule has 0 unspecified atom stereocenters. The molecule has 0 spiro atoms. The van der Waals surface area contributed by atoms with E-state index in [1.165, 1.54) is 0 Å². The molecular weight excluding hydrogens is 354 g/mol. The molecule has 0 heterocycles. The molecule has 112 valence electrons. The van der Waals surface area contributed by atoms with Crippen LogP contribution in [-0.2, 0) is 0 Å². The van der Waals surface area contributed by atoms with E-state index in [1.807, 2.05) is 0 Å². The second-order valence-corrected chi connectivity index (χ2v) is 5.10. The Morgan fingerprint density at radius 2 is 2.05 bits per heavy atom. The van der Waals surface area contributed by atoms with Crippen molar-refractivity contribution in [1.82, 2.24) is 5.43 Å². The summed E-state index contributed by atoms with van der Waals surface area (Å²) >= 11 is 3.24. The number of nitrogens with one attached hydrogen (secondary N) is 1. The van der Waals surface area contributed by atoms with Crippen LogP contribution in [0.25, 0.3) is 0 Å². The maximum atomic E-state index is 11.8. The van der Waals surface area contributed by atoms with Crippen LogP contribution in [0, 0.1) is 10.1 Å². The van der Waals surface area contributed by atoms with Gasteiger partial charge < -0.3 is 5.11 Å². The van der Waals surface area contributed by atoms with Gasteiger partial charge >= 0.3 is 0 Å². The van der Waals surface area contributed by atoms with Crippen LogP contribution in [0.1, 0.15) is 15.9 Å². The van der Waals surface area contributed by atoms with Gasteiger partial charge in [-0.2, -0.15) is 5.10 Å². The number of halogens is 1. The summed E-state index contributed by atoms with van der Waals surface area (Å²) in [6.45, 7) is 0. The number of non-ortho nitro benzene ring substituents is 1. The summed E-state index contributed by atoms with van der Waals surface area (Å²) < 4.78 is 0.740. The van der Waals surface area contributed by atoms with E-state index in [-0.39, 0.29) is 11.3 Å². The molecule has 2 aromatic rings. The van der Waals surface area contributed by atoms with Crippen molar-refractivity contribution in [2.24, 2.45) is 5.10 Å². The number of hydrogen-bond acceptors (Lipinski definition) is 5. The van der Waals surface area contributed by atoms with Crippen LogP contribution in [0.4, 0.5) is 5.69 Å². The van der Waals surface area contributed by atoms with Crippen molar-refractivity contribution in [2.75, 3.05) is 0 Å². The number of carbonyl (C=O) groups is 1. The van der Waals surface area contributed by atoms with Crippen LogP contribution < -0.4 is 10.5 Å². The minimum Gasteiger partial charge on any atom is -0.872 e. The average molecular weight is 363 g/mol. The summed E-state index contributed by atoms with van der Waals surface area (Å²) in [5, 5.41) is 25.8. The van der Waals surface area contributed by atoms with Crippen molar-refractivity contribution < 1.29 is 14.8 Å². The lowest BCUT2D eigenvalue weighted by Crippen LogP contribution is -2.17. The smallest absolute Gasteiger partial charge is 0.271 e. The number of nitrogens with zero attached hydrogens (tertiary/aromatic N) is 2. The largest absolute Gasteiger partial charge is 0.872 e. The highest BCUT2D eigenvalue weighted by atomic mass is 79.9. The molecule has 0 atom stereocenters. The third-order valence-electron chi connectivity index (χ3n) is 2.66. The van der Waals surface area contributed by atoms with Crippen molar-refractivity contribution in [1.29, 1.82) is 0 Å². The Morgan fingerprint density at radius 1 is 1.27 bits per heavy atom. The van der Waals surface area contributed by atoms with E-state index in [4.69, 9.17) is 0 Å². The van der Waals surface area contributed by atoms with Crippen molar-refractivity contribution >= 4 is 33.7 Å². The summed E-state index contributed by atoms with van der Waals surface area (Å²) in [7, 11) is 0. The number of carbonyl (C=O) groups excluding carboxylic acids is 1. The fraction of sp³-hybridized carbons (Fsp3) is 0. The Morgan fingerprint density at radius 3 is 2.73 bits per heavy atom. The number of benzene rings is 2. The molecule has 0 bridgehead atoms. The highest BCUT2D eigenvalue weighted by molar-refractivity contribution is 9.10. The number of hydrogen-bond donors (Lipinski definition) is 1. The SMILES string of the molecule is O=C(N/N=C\c1cc([N+](=O)[O-])ccc1[O-])c1cccc(Br)c1. The molecule has 2 aromatic carbocycles. The first kappa shape index (κ1) is 15.6. The molecule has 0 aliphatic rings. The van der Waals surface area contributed by atoms with E-state index >= 15 is 0 Å². The van der Waals surface area contributed by atoms with E-state index < -0.39 is 16.6 Å². The quantitative estimate of drug-likeness (QED) is 0.510. The van der Waals surface area contributed by atoms with Crippen molar-refractivity contribution in [3.63, 3.8) is 0 Å². The molecule has 0 fully saturated rings. The second kappa shape index (κ2) is 6.81. The third-order valence-corrected chi connectivity index (χ3v) is 3.15. The zero-order valence-electron chi connectivity index (χ0n) is 11.0. The highest BCUT2D eigenvalue weighted by Gasteiger charge is 2.06. The third kappa shape index (κ3) is 3.89. The number of nitro benzene ring substituents is 1. The van der Waals surface area contributed by atoms with Gasteiger partial charge in [-0.3, -0.25) is 14.9 Å². The molecule has 0 radical (unpaired) electrons. The Kier molecular flexibility index (Phi) is 4.84. The molecular formula is C14H9BrN3O4-. The minimum atomic E-state index is -0.614. The highest BCUT2D eigenvalue weighted by Crippen LogP contribution is 2.19. The molecule has 1 amide bonds. The monoisotopic (exact) mass is 362 g/mol. The molecule has 0 aromatic heterocycles. The van der Waals surface area contributed by atoms with Crippen LogP contribution in [0.2, 0.25) is 0 Å². The van der Waals surface area contributed by atoms with Gasteiger partial charge in [0.05, 0.1) is 11.1 Å². The van der Waals surface area contributed by atoms with E-state index in [0.717, 1.165) is 28.9 Å². The van der Waals surface area contributed by atoms with Gasteiger partial charge in [0, 0.05) is 22.2 Å². The van der Waals surface area contributed by atoms with E-state index in [1.54, 1.807) is 24.3 Å². The van der Waals surface area contributed by atoms with Crippen molar-refractivity contribution in [2.45, 2.75) is 0 Å². The number of amides is 1. The van der Waals surface area contributed by atoms with Crippen LogP contribution in [0.15, 0.2) is 52.0 Å². The summed E-state index contributed by atoms with van der Waals surface area (Å²) in [5.41, 5.74) is 2.43. The molecule has 0 saturated carbocycles. The molecule has 22 heavy (non-hydrogen) atoms. The lowest BCUT2D eigenvalue weighted by atomic mass is 10.2. The van der Waals surface area contributed by atoms with E-state index in [0.29, 0.717) is 5.56 Å². The number of nitro groups is 1. The maximum Gasteiger partial charge on any atom is 0.271 e. The molecule has 1 N–H and O–H groups in total. The molecule has 8 heteroatoms.